The molecule has 4 rings (SSSR count). The molecule has 0 saturated carbocycles. The van der Waals surface area contributed by atoms with Crippen molar-refractivity contribution >= 4 is 21.4 Å². The van der Waals surface area contributed by atoms with E-state index in [2.05, 4.69) is 44.3 Å². The van der Waals surface area contributed by atoms with Crippen molar-refractivity contribution in [1.82, 2.24) is 14.7 Å². The van der Waals surface area contributed by atoms with Gasteiger partial charge in [0, 0.05) is 63.6 Å². The number of fused-ring (bicyclic) bond motifs is 1. The van der Waals surface area contributed by atoms with Gasteiger partial charge in [-0.2, -0.15) is 0 Å². The molecule has 26 heavy (non-hydrogen) atoms. The summed E-state index contributed by atoms with van der Waals surface area (Å²) in [7, 11) is 0. The molecule has 2 saturated heterocycles. The first-order valence-electron chi connectivity index (χ1n) is 9.66. The van der Waals surface area contributed by atoms with Crippen molar-refractivity contribution in [1.29, 1.82) is 0 Å². The summed E-state index contributed by atoms with van der Waals surface area (Å²) in [5, 5.41) is 14.1. The van der Waals surface area contributed by atoms with E-state index < -0.39 is 0 Å². The van der Waals surface area contributed by atoms with Crippen LogP contribution in [0.5, 0.6) is 0 Å². The minimum Gasteiger partial charge on any atom is -0.390 e. The van der Waals surface area contributed by atoms with E-state index in [0.717, 1.165) is 72.1 Å². The SMILES string of the molecule is OC(CN1CCOCC1)CN1CCN(Cc2csc3ccccc23)CC1. The molecular formula is C20H29N3O2S. The average molecular weight is 376 g/mol. The standard InChI is InChI=1S/C20H29N3O2S/c24-18(15-23-9-11-25-12-10-23)14-22-7-5-21(6-8-22)13-17-16-26-20-4-2-1-3-19(17)20/h1-4,16,18,24H,5-15H2. The molecular weight excluding hydrogens is 346 g/mol. The van der Waals surface area contributed by atoms with E-state index in [4.69, 9.17) is 4.74 Å². The lowest BCUT2D eigenvalue weighted by Crippen LogP contribution is -2.50. The molecule has 1 unspecified atom stereocenters. The molecule has 142 valence electrons. The molecule has 6 heteroatoms. The van der Waals surface area contributed by atoms with Gasteiger partial charge in [0.15, 0.2) is 0 Å². The van der Waals surface area contributed by atoms with Crippen LogP contribution in [-0.2, 0) is 11.3 Å². The maximum absolute atomic E-state index is 10.4. The molecule has 1 aromatic carbocycles. The van der Waals surface area contributed by atoms with Gasteiger partial charge in [0.1, 0.15) is 0 Å². The first kappa shape index (κ1) is 18.3. The zero-order valence-electron chi connectivity index (χ0n) is 15.3. The van der Waals surface area contributed by atoms with E-state index in [0.29, 0.717) is 0 Å². The number of aliphatic hydroxyl groups is 1. The summed E-state index contributed by atoms with van der Waals surface area (Å²) >= 11 is 1.84. The Labute approximate surface area is 159 Å². The van der Waals surface area contributed by atoms with Crippen molar-refractivity contribution in [3.05, 3.63) is 35.2 Å². The third-order valence-corrected chi connectivity index (χ3v) is 6.47. The molecule has 0 bridgehead atoms. The molecule has 1 aromatic heterocycles. The fourth-order valence-corrected chi connectivity index (χ4v) is 4.92. The van der Waals surface area contributed by atoms with Gasteiger partial charge in [-0.15, -0.1) is 11.3 Å². The predicted molar refractivity (Wildman–Crippen MR) is 107 cm³/mol. The second-order valence-electron chi connectivity index (χ2n) is 7.40. The molecule has 0 aliphatic carbocycles. The van der Waals surface area contributed by atoms with Crippen LogP contribution in [0.25, 0.3) is 10.1 Å². The van der Waals surface area contributed by atoms with Crippen LogP contribution in [0.1, 0.15) is 5.56 Å². The van der Waals surface area contributed by atoms with Crippen LogP contribution in [-0.4, -0.2) is 91.5 Å². The number of hydrogen-bond donors (Lipinski definition) is 1. The highest BCUT2D eigenvalue weighted by Gasteiger charge is 2.22. The third-order valence-electron chi connectivity index (χ3n) is 5.46. The smallest absolute Gasteiger partial charge is 0.0793 e. The lowest BCUT2D eigenvalue weighted by Gasteiger charge is -2.36. The molecule has 0 radical (unpaired) electrons. The molecule has 0 amide bonds. The van der Waals surface area contributed by atoms with Crippen molar-refractivity contribution in [2.75, 3.05) is 65.6 Å². The fraction of sp³-hybridized carbons (Fsp3) is 0.600. The van der Waals surface area contributed by atoms with E-state index in [1.165, 1.54) is 15.6 Å². The normalized spacial score (nSPS) is 22.0. The van der Waals surface area contributed by atoms with Crippen molar-refractivity contribution in [2.45, 2.75) is 12.6 Å². The molecule has 0 spiro atoms. The monoisotopic (exact) mass is 375 g/mol. The molecule has 2 aliphatic rings. The minimum absolute atomic E-state index is 0.263. The quantitative estimate of drug-likeness (QED) is 0.832. The van der Waals surface area contributed by atoms with E-state index in [1.54, 1.807) is 0 Å². The average Bonchev–Trinajstić information content (AvgIpc) is 3.07. The lowest BCUT2D eigenvalue weighted by molar-refractivity contribution is 0.00220. The van der Waals surface area contributed by atoms with Crippen LogP contribution in [0, 0.1) is 0 Å². The minimum atomic E-state index is -0.263. The van der Waals surface area contributed by atoms with Gasteiger partial charge in [-0.05, 0) is 22.4 Å². The number of morpholine rings is 1. The summed E-state index contributed by atoms with van der Waals surface area (Å²) in [6.07, 6.45) is -0.263. The molecule has 1 N–H and O–H groups in total. The molecule has 3 heterocycles. The molecule has 2 aromatic rings. The Hall–Kier alpha value is -1.02. The summed E-state index contributed by atoms with van der Waals surface area (Å²) in [6.45, 7) is 10.3. The first-order valence-corrected chi connectivity index (χ1v) is 10.5. The zero-order chi connectivity index (χ0) is 17.8. The maximum Gasteiger partial charge on any atom is 0.0793 e. The highest BCUT2D eigenvalue weighted by atomic mass is 32.1. The summed E-state index contributed by atoms with van der Waals surface area (Å²) < 4.78 is 6.76. The van der Waals surface area contributed by atoms with Gasteiger partial charge < -0.3 is 9.84 Å². The van der Waals surface area contributed by atoms with Crippen molar-refractivity contribution in [2.24, 2.45) is 0 Å². The largest absolute Gasteiger partial charge is 0.390 e. The van der Waals surface area contributed by atoms with Crippen LogP contribution in [0.15, 0.2) is 29.6 Å². The summed E-state index contributed by atoms with van der Waals surface area (Å²) in [5.74, 6) is 0. The number of aliphatic hydroxyl groups excluding tert-OH is 1. The van der Waals surface area contributed by atoms with E-state index >= 15 is 0 Å². The maximum atomic E-state index is 10.4. The van der Waals surface area contributed by atoms with Gasteiger partial charge in [-0.25, -0.2) is 0 Å². The zero-order valence-corrected chi connectivity index (χ0v) is 16.2. The number of β-amino-alcohol motifs (C(OH)–C–C–N with tert-alkyl or cyclic N) is 1. The van der Waals surface area contributed by atoms with E-state index in [1.807, 2.05) is 11.3 Å². The Balaban J connectivity index is 1.22. The number of rotatable bonds is 6. The number of thiophene rings is 1. The van der Waals surface area contributed by atoms with E-state index in [9.17, 15) is 5.11 Å². The van der Waals surface area contributed by atoms with Crippen LogP contribution in [0.2, 0.25) is 0 Å². The Morgan fingerprint density at radius 2 is 1.58 bits per heavy atom. The second kappa shape index (κ2) is 8.78. The van der Waals surface area contributed by atoms with Crippen LogP contribution < -0.4 is 0 Å². The second-order valence-corrected chi connectivity index (χ2v) is 8.31. The molecule has 2 aliphatic heterocycles. The molecule has 1 atom stereocenters. The number of piperazine rings is 1. The van der Waals surface area contributed by atoms with Crippen molar-refractivity contribution in [3.63, 3.8) is 0 Å². The topological polar surface area (TPSA) is 39.2 Å². The number of nitrogens with zero attached hydrogens (tertiary/aromatic N) is 3. The van der Waals surface area contributed by atoms with Crippen molar-refractivity contribution in [3.8, 4) is 0 Å². The van der Waals surface area contributed by atoms with Gasteiger partial charge in [-0.1, -0.05) is 18.2 Å². The fourth-order valence-electron chi connectivity index (χ4n) is 3.96. The van der Waals surface area contributed by atoms with Crippen LogP contribution in [0.3, 0.4) is 0 Å². The van der Waals surface area contributed by atoms with Crippen LogP contribution in [0.4, 0.5) is 0 Å². The highest BCUT2D eigenvalue weighted by Crippen LogP contribution is 2.26. The van der Waals surface area contributed by atoms with Gasteiger partial charge in [0.25, 0.3) is 0 Å². The number of benzene rings is 1. The Bertz CT molecular complexity index is 693. The Morgan fingerprint density at radius 1 is 0.923 bits per heavy atom. The van der Waals surface area contributed by atoms with Gasteiger partial charge in [0.2, 0.25) is 0 Å². The highest BCUT2D eigenvalue weighted by molar-refractivity contribution is 7.17. The summed E-state index contributed by atoms with van der Waals surface area (Å²) in [4.78, 5) is 7.26. The molecule has 2 fully saturated rings. The van der Waals surface area contributed by atoms with Crippen molar-refractivity contribution < 1.29 is 9.84 Å². The number of hydrogen-bond acceptors (Lipinski definition) is 6. The first-order chi connectivity index (χ1) is 12.8. The Morgan fingerprint density at radius 3 is 2.35 bits per heavy atom. The predicted octanol–water partition coefficient (Wildman–Crippen LogP) is 1.71. The van der Waals surface area contributed by atoms with Crippen LogP contribution >= 0.6 is 11.3 Å². The Kier molecular flexibility index (Phi) is 6.20. The summed E-state index contributed by atoms with van der Waals surface area (Å²) in [6, 6.07) is 8.69. The van der Waals surface area contributed by atoms with Gasteiger partial charge in [0.05, 0.1) is 19.3 Å². The van der Waals surface area contributed by atoms with E-state index in [-0.39, 0.29) is 6.10 Å². The van der Waals surface area contributed by atoms with Gasteiger partial charge >= 0.3 is 0 Å². The number of ether oxygens (including phenoxy) is 1. The molecule has 5 nitrogen and oxygen atoms in total. The third kappa shape index (κ3) is 4.63. The van der Waals surface area contributed by atoms with Gasteiger partial charge in [-0.3, -0.25) is 14.7 Å². The lowest BCUT2D eigenvalue weighted by atomic mass is 10.1. The summed E-state index contributed by atoms with van der Waals surface area (Å²) in [5.41, 5.74) is 1.45.